The molecule has 0 saturated heterocycles. The van der Waals surface area contributed by atoms with Crippen molar-refractivity contribution < 1.29 is 23.1 Å². The smallest absolute Gasteiger partial charge is 0.286 e. The van der Waals surface area contributed by atoms with Gasteiger partial charge >= 0.3 is 0 Å². The van der Waals surface area contributed by atoms with E-state index < -0.39 is 17.5 Å². The monoisotopic (exact) mass is 446 g/mol. The average molecular weight is 446 g/mol. The van der Waals surface area contributed by atoms with Gasteiger partial charge in [-0.15, -0.1) is 10.2 Å². The van der Waals surface area contributed by atoms with Crippen molar-refractivity contribution in [2.45, 2.75) is 32.9 Å². The highest BCUT2D eigenvalue weighted by Crippen LogP contribution is 2.19. The lowest BCUT2D eigenvalue weighted by atomic mass is 10.2. The summed E-state index contributed by atoms with van der Waals surface area (Å²) in [6.07, 6.45) is 0.841. The maximum Gasteiger partial charge on any atom is 0.286 e. The zero-order chi connectivity index (χ0) is 22.4. The van der Waals surface area contributed by atoms with Crippen LogP contribution in [0.3, 0.4) is 0 Å². The van der Waals surface area contributed by atoms with Crippen LogP contribution in [0.1, 0.15) is 45.4 Å². The SMILES string of the molecule is CCC(C)NC(=O)c1ccc(OCc2nnc(C(=O)Nc3ccc(F)cc3F)s2)cc1. The number of benzene rings is 2. The number of rotatable bonds is 8. The van der Waals surface area contributed by atoms with Gasteiger partial charge in [0.1, 0.15) is 24.0 Å². The number of nitrogens with zero attached hydrogens (tertiary/aromatic N) is 2. The van der Waals surface area contributed by atoms with Gasteiger partial charge in [-0.3, -0.25) is 9.59 Å². The fraction of sp³-hybridized carbons (Fsp3) is 0.238. The zero-order valence-electron chi connectivity index (χ0n) is 16.8. The largest absolute Gasteiger partial charge is 0.486 e. The first-order valence-corrected chi connectivity index (χ1v) is 10.3. The van der Waals surface area contributed by atoms with Crippen molar-refractivity contribution in [2.24, 2.45) is 0 Å². The van der Waals surface area contributed by atoms with Gasteiger partial charge in [0.05, 0.1) is 5.69 Å². The number of carbonyl (C=O) groups is 2. The summed E-state index contributed by atoms with van der Waals surface area (Å²) < 4.78 is 32.2. The third-order valence-corrected chi connectivity index (χ3v) is 5.20. The summed E-state index contributed by atoms with van der Waals surface area (Å²) in [6.45, 7) is 3.99. The number of ether oxygens (including phenoxy) is 1. The van der Waals surface area contributed by atoms with Crippen LogP contribution >= 0.6 is 11.3 Å². The standard InChI is InChI=1S/C21H20F2N4O3S/c1-3-12(2)24-19(28)13-4-7-15(8-5-13)30-11-18-26-27-21(31-18)20(29)25-17-9-6-14(22)10-16(17)23/h4-10,12H,3,11H2,1-2H3,(H,24,28)(H,25,29). The molecule has 0 radical (unpaired) electrons. The minimum absolute atomic E-state index is 0.0133. The predicted molar refractivity (Wildman–Crippen MR) is 112 cm³/mol. The molecule has 10 heteroatoms. The molecule has 0 spiro atoms. The molecule has 0 fully saturated rings. The molecule has 31 heavy (non-hydrogen) atoms. The van der Waals surface area contributed by atoms with E-state index >= 15 is 0 Å². The molecule has 3 rings (SSSR count). The number of aromatic nitrogens is 2. The van der Waals surface area contributed by atoms with Crippen LogP contribution in [0.25, 0.3) is 0 Å². The maximum absolute atomic E-state index is 13.7. The van der Waals surface area contributed by atoms with Crippen molar-refractivity contribution in [1.82, 2.24) is 15.5 Å². The van der Waals surface area contributed by atoms with Crippen LogP contribution in [0.15, 0.2) is 42.5 Å². The second-order valence-electron chi connectivity index (χ2n) is 6.68. The summed E-state index contributed by atoms with van der Waals surface area (Å²) in [5, 5.41) is 13.3. The maximum atomic E-state index is 13.7. The lowest BCUT2D eigenvalue weighted by molar-refractivity contribution is 0.0938. The van der Waals surface area contributed by atoms with E-state index in [4.69, 9.17) is 4.74 Å². The lowest BCUT2D eigenvalue weighted by Gasteiger charge is -2.11. The minimum atomic E-state index is -0.886. The molecule has 3 aromatic rings. The number of nitrogens with one attached hydrogen (secondary N) is 2. The Morgan fingerprint density at radius 1 is 1.10 bits per heavy atom. The van der Waals surface area contributed by atoms with Gasteiger partial charge < -0.3 is 15.4 Å². The Bertz CT molecular complexity index is 1070. The fourth-order valence-corrected chi connectivity index (χ4v) is 3.08. The molecular formula is C21H20F2N4O3S. The Morgan fingerprint density at radius 3 is 2.52 bits per heavy atom. The first-order chi connectivity index (χ1) is 14.9. The van der Waals surface area contributed by atoms with E-state index in [9.17, 15) is 18.4 Å². The fourth-order valence-electron chi connectivity index (χ4n) is 2.43. The average Bonchev–Trinajstić information content (AvgIpc) is 3.23. The molecule has 2 aromatic carbocycles. The summed E-state index contributed by atoms with van der Waals surface area (Å²) in [5.74, 6) is -1.92. The highest BCUT2D eigenvalue weighted by atomic mass is 32.1. The second kappa shape index (κ2) is 10.1. The highest BCUT2D eigenvalue weighted by molar-refractivity contribution is 7.13. The molecule has 7 nitrogen and oxygen atoms in total. The first kappa shape index (κ1) is 22.3. The number of hydrogen-bond acceptors (Lipinski definition) is 6. The van der Waals surface area contributed by atoms with Gasteiger partial charge in [0.15, 0.2) is 5.01 Å². The zero-order valence-corrected chi connectivity index (χ0v) is 17.6. The van der Waals surface area contributed by atoms with Gasteiger partial charge in [0, 0.05) is 17.7 Å². The molecule has 1 atom stereocenters. The Balaban J connectivity index is 1.55. The lowest BCUT2D eigenvalue weighted by Crippen LogP contribution is -2.31. The molecule has 2 amide bonds. The van der Waals surface area contributed by atoms with E-state index in [0.29, 0.717) is 22.4 Å². The van der Waals surface area contributed by atoms with Gasteiger partial charge in [-0.05, 0) is 49.7 Å². The van der Waals surface area contributed by atoms with E-state index in [0.717, 1.165) is 29.9 Å². The molecule has 1 aromatic heterocycles. The Kier molecular flexibility index (Phi) is 7.24. The number of anilines is 1. The third kappa shape index (κ3) is 6.05. The molecule has 0 bridgehead atoms. The van der Waals surface area contributed by atoms with Crippen LogP contribution < -0.4 is 15.4 Å². The molecule has 0 aliphatic carbocycles. The van der Waals surface area contributed by atoms with E-state index in [1.165, 1.54) is 0 Å². The van der Waals surface area contributed by atoms with Crippen LogP contribution in [-0.2, 0) is 6.61 Å². The Labute approximate surface area is 181 Å². The van der Waals surface area contributed by atoms with Gasteiger partial charge in [0.25, 0.3) is 11.8 Å². The van der Waals surface area contributed by atoms with Crippen molar-refractivity contribution in [2.75, 3.05) is 5.32 Å². The molecule has 1 heterocycles. The van der Waals surface area contributed by atoms with Gasteiger partial charge in [-0.2, -0.15) is 0 Å². The van der Waals surface area contributed by atoms with Crippen LogP contribution in [0.4, 0.5) is 14.5 Å². The van der Waals surface area contributed by atoms with Crippen molar-refractivity contribution in [1.29, 1.82) is 0 Å². The summed E-state index contributed by atoms with van der Waals surface area (Å²) in [7, 11) is 0. The number of hydrogen-bond donors (Lipinski definition) is 2. The molecule has 162 valence electrons. The van der Waals surface area contributed by atoms with Crippen LogP contribution in [0.5, 0.6) is 5.75 Å². The Hall–Kier alpha value is -3.40. The van der Waals surface area contributed by atoms with Crippen molar-refractivity contribution in [3.63, 3.8) is 0 Å². The van der Waals surface area contributed by atoms with Crippen LogP contribution in [0, 0.1) is 11.6 Å². The minimum Gasteiger partial charge on any atom is -0.486 e. The predicted octanol–water partition coefficient (Wildman–Crippen LogP) is 4.18. The highest BCUT2D eigenvalue weighted by Gasteiger charge is 2.16. The van der Waals surface area contributed by atoms with Crippen LogP contribution in [0.2, 0.25) is 0 Å². The molecule has 2 N–H and O–H groups in total. The molecule has 0 saturated carbocycles. The third-order valence-electron chi connectivity index (χ3n) is 4.31. The molecular weight excluding hydrogens is 426 g/mol. The van der Waals surface area contributed by atoms with Crippen molar-refractivity contribution in [3.8, 4) is 5.75 Å². The second-order valence-corrected chi connectivity index (χ2v) is 7.74. The van der Waals surface area contributed by atoms with Gasteiger partial charge in [-0.25, -0.2) is 8.78 Å². The van der Waals surface area contributed by atoms with E-state index in [1.807, 2.05) is 13.8 Å². The molecule has 0 aliphatic rings. The molecule has 0 aliphatic heterocycles. The first-order valence-electron chi connectivity index (χ1n) is 9.48. The normalized spacial score (nSPS) is 11.6. The van der Waals surface area contributed by atoms with Crippen molar-refractivity contribution >= 4 is 28.8 Å². The van der Waals surface area contributed by atoms with Gasteiger partial charge in [0.2, 0.25) is 5.01 Å². The quantitative estimate of drug-likeness (QED) is 0.542. The van der Waals surface area contributed by atoms with Crippen molar-refractivity contribution in [3.05, 3.63) is 69.7 Å². The summed E-state index contributed by atoms with van der Waals surface area (Å²) >= 11 is 0.986. The summed E-state index contributed by atoms with van der Waals surface area (Å²) in [5.41, 5.74) is 0.368. The number of carbonyl (C=O) groups excluding carboxylic acids is 2. The summed E-state index contributed by atoms with van der Waals surface area (Å²) in [6, 6.07) is 9.57. The summed E-state index contributed by atoms with van der Waals surface area (Å²) in [4.78, 5) is 24.3. The topological polar surface area (TPSA) is 93.2 Å². The Morgan fingerprint density at radius 2 is 1.84 bits per heavy atom. The molecule has 1 unspecified atom stereocenters. The van der Waals surface area contributed by atoms with E-state index in [2.05, 4.69) is 20.8 Å². The van der Waals surface area contributed by atoms with Crippen LogP contribution in [-0.4, -0.2) is 28.1 Å². The van der Waals surface area contributed by atoms with Gasteiger partial charge in [-0.1, -0.05) is 18.3 Å². The number of halogens is 2. The van der Waals surface area contributed by atoms with E-state index in [-0.39, 0.29) is 29.3 Å². The number of amides is 2. The van der Waals surface area contributed by atoms with E-state index in [1.54, 1.807) is 24.3 Å².